The largest absolute Gasteiger partial charge is 0.497 e. The predicted molar refractivity (Wildman–Crippen MR) is 112 cm³/mol. The van der Waals surface area contributed by atoms with Gasteiger partial charge in [-0.3, -0.25) is 4.79 Å². The van der Waals surface area contributed by atoms with Crippen LogP contribution in [-0.2, 0) is 0 Å². The molecule has 0 aliphatic carbocycles. The van der Waals surface area contributed by atoms with Gasteiger partial charge in [-0.25, -0.2) is 0 Å². The minimum absolute atomic E-state index is 0.103. The maximum absolute atomic E-state index is 12.4. The van der Waals surface area contributed by atoms with Gasteiger partial charge in [0.1, 0.15) is 11.4 Å². The van der Waals surface area contributed by atoms with Gasteiger partial charge in [0, 0.05) is 29.6 Å². The molecule has 0 bridgehead atoms. The number of carbonyl (C=O) groups excluding carboxylic acids is 1. The number of aromatic nitrogens is 1. The summed E-state index contributed by atoms with van der Waals surface area (Å²) in [5.41, 5.74) is 1.94. The average molecular weight is 410 g/mol. The SMILES string of the molecule is COc1ccc(N/C=C\C(=O)c2cc(-c3cc(OC)c(OC)c(OC)c3)no2)cc1. The van der Waals surface area contributed by atoms with Crippen molar-refractivity contribution in [2.75, 3.05) is 33.8 Å². The molecule has 0 saturated heterocycles. The number of rotatable bonds is 9. The van der Waals surface area contributed by atoms with E-state index >= 15 is 0 Å². The van der Waals surface area contributed by atoms with Crippen molar-refractivity contribution in [2.45, 2.75) is 0 Å². The highest BCUT2D eigenvalue weighted by molar-refractivity contribution is 6.03. The van der Waals surface area contributed by atoms with Crippen LogP contribution in [0.2, 0.25) is 0 Å². The summed E-state index contributed by atoms with van der Waals surface area (Å²) in [5, 5.41) is 7.00. The van der Waals surface area contributed by atoms with Crippen LogP contribution >= 0.6 is 0 Å². The van der Waals surface area contributed by atoms with Gasteiger partial charge in [0.15, 0.2) is 11.5 Å². The maximum Gasteiger partial charge on any atom is 0.225 e. The van der Waals surface area contributed by atoms with Crippen LogP contribution in [0.5, 0.6) is 23.0 Å². The van der Waals surface area contributed by atoms with Crippen molar-refractivity contribution in [1.82, 2.24) is 5.16 Å². The van der Waals surface area contributed by atoms with Gasteiger partial charge >= 0.3 is 0 Å². The highest BCUT2D eigenvalue weighted by Gasteiger charge is 2.17. The molecule has 0 fully saturated rings. The zero-order valence-corrected chi connectivity index (χ0v) is 17.1. The number of methoxy groups -OCH3 is 4. The number of nitrogens with one attached hydrogen (secondary N) is 1. The summed E-state index contributed by atoms with van der Waals surface area (Å²) >= 11 is 0. The standard InChI is InChI=1S/C22H22N2O6/c1-26-16-7-5-15(6-8-16)23-10-9-18(25)19-13-17(24-30-19)14-11-20(27-2)22(29-4)21(12-14)28-3/h5-13,23H,1-4H3/b10-9-. The van der Waals surface area contributed by atoms with Crippen molar-refractivity contribution in [1.29, 1.82) is 0 Å². The molecule has 0 aliphatic heterocycles. The third kappa shape index (κ3) is 4.54. The molecule has 0 unspecified atom stereocenters. The number of hydrogen-bond acceptors (Lipinski definition) is 8. The first kappa shape index (κ1) is 20.8. The molecule has 8 heteroatoms. The second-order valence-electron chi connectivity index (χ2n) is 6.06. The number of ether oxygens (including phenoxy) is 4. The third-order valence-electron chi connectivity index (χ3n) is 4.29. The Hall–Kier alpha value is -3.94. The second-order valence-corrected chi connectivity index (χ2v) is 6.06. The van der Waals surface area contributed by atoms with E-state index in [1.165, 1.54) is 33.6 Å². The van der Waals surface area contributed by atoms with Crippen molar-refractivity contribution >= 4 is 11.5 Å². The van der Waals surface area contributed by atoms with Crippen LogP contribution in [0.3, 0.4) is 0 Å². The molecule has 156 valence electrons. The quantitative estimate of drug-likeness (QED) is 0.415. The summed E-state index contributed by atoms with van der Waals surface area (Å²) in [4.78, 5) is 12.4. The number of hydrogen-bond donors (Lipinski definition) is 1. The normalized spacial score (nSPS) is 10.7. The lowest BCUT2D eigenvalue weighted by atomic mass is 10.1. The smallest absolute Gasteiger partial charge is 0.225 e. The van der Waals surface area contributed by atoms with Gasteiger partial charge in [0.25, 0.3) is 0 Å². The lowest BCUT2D eigenvalue weighted by Gasteiger charge is -2.13. The number of carbonyl (C=O) groups is 1. The molecule has 1 heterocycles. The molecule has 3 aromatic rings. The number of allylic oxidation sites excluding steroid dienone is 1. The molecule has 1 N–H and O–H groups in total. The van der Waals surface area contributed by atoms with Crippen molar-refractivity contribution in [3.63, 3.8) is 0 Å². The van der Waals surface area contributed by atoms with Gasteiger partial charge in [0.2, 0.25) is 17.3 Å². The number of anilines is 1. The lowest BCUT2D eigenvalue weighted by Crippen LogP contribution is -1.96. The second kappa shape index (κ2) is 9.51. The van der Waals surface area contributed by atoms with Crippen molar-refractivity contribution in [3.05, 3.63) is 60.5 Å². The Kier molecular flexibility index (Phi) is 6.59. The van der Waals surface area contributed by atoms with E-state index in [-0.39, 0.29) is 11.5 Å². The zero-order valence-electron chi connectivity index (χ0n) is 17.1. The summed E-state index contributed by atoms with van der Waals surface area (Å²) in [7, 11) is 6.18. The van der Waals surface area contributed by atoms with E-state index in [2.05, 4.69) is 10.5 Å². The third-order valence-corrected chi connectivity index (χ3v) is 4.29. The minimum atomic E-state index is -0.331. The Morgan fingerprint density at radius 3 is 2.17 bits per heavy atom. The van der Waals surface area contributed by atoms with Crippen molar-refractivity contribution in [2.24, 2.45) is 0 Å². The summed E-state index contributed by atoms with van der Waals surface area (Å²) in [6, 6.07) is 12.3. The van der Waals surface area contributed by atoms with Gasteiger partial charge in [-0.1, -0.05) is 5.16 Å². The molecule has 0 spiro atoms. The summed E-state index contributed by atoms with van der Waals surface area (Å²) in [6.45, 7) is 0. The first-order valence-electron chi connectivity index (χ1n) is 8.98. The Balaban J connectivity index is 1.74. The van der Waals surface area contributed by atoms with E-state index in [0.717, 1.165) is 11.4 Å². The van der Waals surface area contributed by atoms with Gasteiger partial charge in [-0.05, 0) is 36.4 Å². The molecule has 8 nitrogen and oxygen atoms in total. The summed E-state index contributed by atoms with van der Waals surface area (Å²) in [6.07, 6.45) is 2.90. The molecule has 30 heavy (non-hydrogen) atoms. The first-order chi connectivity index (χ1) is 14.6. The van der Waals surface area contributed by atoms with Crippen LogP contribution in [0.15, 0.2) is 59.3 Å². The predicted octanol–water partition coefficient (Wildman–Crippen LogP) is 4.18. The van der Waals surface area contributed by atoms with E-state index < -0.39 is 0 Å². The van der Waals surface area contributed by atoms with Gasteiger partial charge < -0.3 is 28.8 Å². The van der Waals surface area contributed by atoms with Crippen LogP contribution in [-0.4, -0.2) is 39.4 Å². The Bertz CT molecular complexity index is 1020. The monoisotopic (exact) mass is 410 g/mol. The maximum atomic E-state index is 12.4. The Morgan fingerprint density at radius 1 is 0.933 bits per heavy atom. The molecule has 0 radical (unpaired) electrons. The molecule has 1 aromatic heterocycles. The molecule has 2 aromatic carbocycles. The van der Waals surface area contributed by atoms with E-state index in [1.54, 1.807) is 25.3 Å². The van der Waals surface area contributed by atoms with Crippen molar-refractivity contribution < 1.29 is 28.3 Å². The van der Waals surface area contributed by atoms with Crippen LogP contribution in [0.1, 0.15) is 10.6 Å². The number of benzene rings is 2. The molecule has 0 amide bonds. The molecule has 0 aliphatic rings. The van der Waals surface area contributed by atoms with Gasteiger partial charge in [-0.15, -0.1) is 0 Å². The van der Waals surface area contributed by atoms with E-state index in [1.807, 2.05) is 24.3 Å². The van der Waals surface area contributed by atoms with E-state index in [4.69, 9.17) is 23.5 Å². The van der Waals surface area contributed by atoms with Crippen LogP contribution in [0, 0.1) is 0 Å². The topological polar surface area (TPSA) is 92.1 Å². The minimum Gasteiger partial charge on any atom is -0.497 e. The van der Waals surface area contributed by atoms with Gasteiger partial charge in [-0.2, -0.15) is 0 Å². The summed E-state index contributed by atoms with van der Waals surface area (Å²) in [5.74, 6) is 1.95. The van der Waals surface area contributed by atoms with Crippen molar-refractivity contribution in [3.8, 4) is 34.3 Å². The van der Waals surface area contributed by atoms with E-state index in [0.29, 0.717) is 28.5 Å². The highest BCUT2D eigenvalue weighted by atomic mass is 16.5. The van der Waals surface area contributed by atoms with E-state index in [9.17, 15) is 4.79 Å². The zero-order chi connectivity index (χ0) is 21.5. The Labute approximate surface area is 174 Å². The summed E-state index contributed by atoms with van der Waals surface area (Å²) < 4.78 is 26.3. The molecule has 0 saturated carbocycles. The molecule has 0 atom stereocenters. The highest BCUT2D eigenvalue weighted by Crippen LogP contribution is 2.41. The number of nitrogens with zero attached hydrogens (tertiary/aromatic N) is 1. The fraction of sp³-hybridized carbons (Fsp3) is 0.182. The number of ketones is 1. The lowest BCUT2D eigenvalue weighted by molar-refractivity contribution is 0.101. The van der Waals surface area contributed by atoms with Crippen LogP contribution < -0.4 is 24.3 Å². The molecular formula is C22H22N2O6. The average Bonchev–Trinajstić information content (AvgIpc) is 3.29. The fourth-order valence-corrected chi connectivity index (χ4v) is 2.74. The van der Waals surface area contributed by atoms with Crippen LogP contribution in [0.4, 0.5) is 5.69 Å². The molecule has 3 rings (SSSR count). The Morgan fingerprint density at radius 2 is 1.60 bits per heavy atom. The molecular weight excluding hydrogens is 388 g/mol. The van der Waals surface area contributed by atoms with Gasteiger partial charge in [0.05, 0.1) is 28.4 Å². The van der Waals surface area contributed by atoms with Crippen LogP contribution in [0.25, 0.3) is 11.3 Å². The first-order valence-corrected chi connectivity index (χ1v) is 8.98. The fourth-order valence-electron chi connectivity index (χ4n) is 2.74.